The Labute approximate surface area is 168 Å². The first-order chi connectivity index (χ1) is 13.1. The highest BCUT2D eigenvalue weighted by Gasteiger charge is 2.24. The second kappa shape index (κ2) is 9.05. The number of hydrogen-bond acceptors (Lipinski definition) is 4. The molecule has 4 heteroatoms. The van der Waals surface area contributed by atoms with Crippen LogP contribution in [0.2, 0.25) is 0 Å². The van der Waals surface area contributed by atoms with Gasteiger partial charge in [0.2, 0.25) is 5.78 Å². The molecule has 0 bridgehead atoms. The van der Waals surface area contributed by atoms with Crippen LogP contribution in [0.3, 0.4) is 0 Å². The quantitative estimate of drug-likeness (QED) is 0.474. The van der Waals surface area contributed by atoms with Gasteiger partial charge in [0.25, 0.3) is 0 Å². The number of carbonyl (C=O) groups excluding carboxylic acids is 2. The van der Waals surface area contributed by atoms with Gasteiger partial charge in [0, 0.05) is 25.3 Å². The second-order valence-corrected chi connectivity index (χ2v) is 8.01. The van der Waals surface area contributed by atoms with Crippen LogP contribution in [-0.4, -0.2) is 32.0 Å². The van der Waals surface area contributed by atoms with Crippen LogP contribution in [0.25, 0.3) is 0 Å². The Morgan fingerprint density at radius 1 is 0.857 bits per heavy atom. The van der Waals surface area contributed by atoms with Gasteiger partial charge in [0.05, 0.1) is 5.56 Å². The molecular weight excluding hydrogens is 350 g/mol. The Balaban J connectivity index is 2.19. The molecule has 0 aliphatic heterocycles. The zero-order chi connectivity index (χ0) is 21.0. The average molecular weight is 382 g/mol. The summed E-state index contributed by atoms with van der Waals surface area (Å²) in [5.41, 5.74) is 4.25. The van der Waals surface area contributed by atoms with E-state index in [1.807, 2.05) is 43.3 Å². The smallest absolute Gasteiger partial charge is 0.338 e. The van der Waals surface area contributed by atoms with Crippen LogP contribution >= 0.6 is 0 Å². The monoisotopic (exact) mass is 381 g/mol. The molecule has 0 saturated carbocycles. The molecule has 0 unspecified atom stereocenters. The lowest BCUT2D eigenvalue weighted by molar-refractivity contribution is 0.0318. The first-order valence-corrected chi connectivity index (χ1v) is 9.78. The van der Waals surface area contributed by atoms with Crippen LogP contribution in [0.5, 0.6) is 0 Å². The molecule has 0 spiro atoms. The first-order valence-electron chi connectivity index (χ1n) is 9.78. The van der Waals surface area contributed by atoms with Gasteiger partial charge >= 0.3 is 5.97 Å². The van der Waals surface area contributed by atoms with Crippen molar-refractivity contribution < 1.29 is 14.3 Å². The molecule has 0 amide bonds. The minimum atomic E-state index is -0.844. The van der Waals surface area contributed by atoms with E-state index in [-0.39, 0.29) is 11.7 Å². The Morgan fingerprint density at radius 2 is 1.46 bits per heavy atom. The van der Waals surface area contributed by atoms with Crippen LogP contribution in [0, 0.1) is 0 Å². The predicted octanol–water partition coefficient (Wildman–Crippen LogP) is 5.43. The molecule has 1 atom stereocenters. The van der Waals surface area contributed by atoms with Gasteiger partial charge in [-0.2, -0.15) is 0 Å². The van der Waals surface area contributed by atoms with Gasteiger partial charge in [0.1, 0.15) is 0 Å². The molecule has 0 aliphatic carbocycles. The van der Waals surface area contributed by atoms with Gasteiger partial charge in [-0.25, -0.2) is 4.79 Å². The molecule has 0 heterocycles. The number of esters is 1. The van der Waals surface area contributed by atoms with Crippen molar-refractivity contribution in [3.05, 3.63) is 64.7 Å². The molecule has 28 heavy (non-hydrogen) atoms. The van der Waals surface area contributed by atoms with Crippen LogP contribution in [0.15, 0.2) is 42.5 Å². The van der Waals surface area contributed by atoms with Crippen molar-refractivity contribution in [3.63, 3.8) is 0 Å². The van der Waals surface area contributed by atoms with Crippen molar-refractivity contribution in [1.82, 2.24) is 0 Å². The molecule has 0 saturated heterocycles. The van der Waals surface area contributed by atoms with E-state index in [0.717, 1.165) is 11.3 Å². The summed E-state index contributed by atoms with van der Waals surface area (Å²) in [5, 5.41) is 0. The Morgan fingerprint density at radius 3 is 1.96 bits per heavy atom. The van der Waals surface area contributed by atoms with E-state index in [4.69, 9.17) is 4.74 Å². The fraction of sp³-hybridized carbons (Fsp3) is 0.417. The first kappa shape index (κ1) is 21.7. The average Bonchev–Trinajstić information content (AvgIpc) is 2.66. The number of ketones is 1. The third-order valence-corrected chi connectivity index (χ3v) is 4.90. The number of anilines is 1. The van der Waals surface area contributed by atoms with E-state index in [0.29, 0.717) is 17.0 Å². The zero-order valence-electron chi connectivity index (χ0n) is 17.9. The van der Waals surface area contributed by atoms with Crippen molar-refractivity contribution in [2.24, 2.45) is 0 Å². The van der Waals surface area contributed by atoms with Gasteiger partial charge < -0.3 is 9.64 Å². The third-order valence-electron chi connectivity index (χ3n) is 4.90. The molecule has 2 aromatic carbocycles. The SMILES string of the molecule is CC(C)c1ccc(C(=O)[C@@H](C)OC(=O)c2ccc(N(C)C)cc2)c(C(C)C)c1. The summed E-state index contributed by atoms with van der Waals surface area (Å²) >= 11 is 0. The predicted molar refractivity (Wildman–Crippen MR) is 115 cm³/mol. The number of rotatable bonds is 7. The number of benzene rings is 2. The number of nitrogens with zero attached hydrogens (tertiary/aromatic N) is 1. The highest BCUT2D eigenvalue weighted by atomic mass is 16.5. The van der Waals surface area contributed by atoms with E-state index in [1.165, 1.54) is 5.56 Å². The van der Waals surface area contributed by atoms with Gasteiger partial charge in [-0.05, 0) is 54.2 Å². The lowest BCUT2D eigenvalue weighted by Crippen LogP contribution is -2.25. The maximum Gasteiger partial charge on any atom is 0.338 e. The normalized spacial score (nSPS) is 12.2. The number of ether oxygens (including phenoxy) is 1. The zero-order valence-corrected chi connectivity index (χ0v) is 17.9. The van der Waals surface area contributed by atoms with Gasteiger partial charge in [0.15, 0.2) is 6.10 Å². The molecule has 4 nitrogen and oxygen atoms in total. The molecule has 0 aromatic heterocycles. The summed E-state index contributed by atoms with van der Waals surface area (Å²) in [4.78, 5) is 27.4. The maximum atomic E-state index is 13.0. The Bertz CT molecular complexity index is 835. The van der Waals surface area contributed by atoms with E-state index in [1.54, 1.807) is 19.1 Å². The topological polar surface area (TPSA) is 46.6 Å². The summed E-state index contributed by atoms with van der Waals surface area (Å²) in [5.74, 6) is -0.0607. The fourth-order valence-electron chi connectivity index (χ4n) is 3.04. The van der Waals surface area contributed by atoms with Gasteiger partial charge in [-0.1, -0.05) is 45.9 Å². The van der Waals surface area contributed by atoms with E-state index in [2.05, 4.69) is 33.8 Å². The highest BCUT2D eigenvalue weighted by Crippen LogP contribution is 2.26. The van der Waals surface area contributed by atoms with Crippen LogP contribution < -0.4 is 4.90 Å². The number of hydrogen-bond donors (Lipinski definition) is 0. The maximum absolute atomic E-state index is 13.0. The second-order valence-electron chi connectivity index (χ2n) is 8.01. The Kier molecular flexibility index (Phi) is 7.00. The van der Waals surface area contributed by atoms with Crippen molar-refractivity contribution in [1.29, 1.82) is 0 Å². The summed E-state index contributed by atoms with van der Waals surface area (Å²) in [7, 11) is 3.87. The van der Waals surface area contributed by atoms with E-state index in [9.17, 15) is 9.59 Å². The molecular formula is C24H31NO3. The highest BCUT2D eigenvalue weighted by molar-refractivity contribution is 6.02. The molecule has 2 rings (SSSR count). The summed E-state index contributed by atoms with van der Waals surface area (Å²) < 4.78 is 5.46. The fourth-order valence-corrected chi connectivity index (χ4v) is 3.04. The van der Waals surface area contributed by atoms with Crippen molar-refractivity contribution in [2.45, 2.75) is 52.6 Å². The lowest BCUT2D eigenvalue weighted by atomic mass is 9.89. The van der Waals surface area contributed by atoms with Crippen molar-refractivity contribution in [3.8, 4) is 0 Å². The molecule has 0 radical (unpaired) electrons. The van der Waals surface area contributed by atoms with Crippen molar-refractivity contribution in [2.75, 3.05) is 19.0 Å². The van der Waals surface area contributed by atoms with Gasteiger partial charge in [-0.3, -0.25) is 4.79 Å². The number of carbonyl (C=O) groups is 2. The summed E-state index contributed by atoms with van der Waals surface area (Å²) in [6, 6.07) is 13.1. The van der Waals surface area contributed by atoms with Crippen molar-refractivity contribution >= 4 is 17.4 Å². The minimum Gasteiger partial charge on any atom is -0.451 e. The molecule has 0 N–H and O–H groups in total. The van der Waals surface area contributed by atoms with E-state index >= 15 is 0 Å². The molecule has 0 fully saturated rings. The summed E-state index contributed by atoms with van der Waals surface area (Å²) in [6.07, 6.45) is -0.844. The van der Waals surface area contributed by atoms with Crippen LogP contribution in [0.1, 0.15) is 78.3 Å². The summed E-state index contributed by atoms with van der Waals surface area (Å²) in [6.45, 7) is 10.0. The lowest BCUT2D eigenvalue weighted by Gasteiger charge is -2.19. The minimum absolute atomic E-state index is 0.169. The van der Waals surface area contributed by atoms with E-state index < -0.39 is 12.1 Å². The third kappa shape index (κ3) is 5.00. The largest absolute Gasteiger partial charge is 0.451 e. The van der Waals surface area contributed by atoms with Crippen LogP contribution in [-0.2, 0) is 4.74 Å². The standard InChI is InChI=1S/C24H31NO3/c1-15(2)19-10-13-21(22(14-19)16(3)4)23(26)17(5)28-24(27)18-8-11-20(12-9-18)25(6)7/h8-17H,1-7H3/t17-/m1/s1. The van der Waals surface area contributed by atoms with Gasteiger partial charge in [-0.15, -0.1) is 0 Å². The van der Waals surface area contributed by atoms with Crippen LogP contribution in [0.4, 0.5) is 5.69 Å². The molecule has 2 aromatic rings. The molecule has 150 valence electrons. The Hall–Kier alpha value is -2.62. The molecule has 0 aliphatic rings. The number of Topliss-reactive ketones (excluding diaryl/α,β-unsaturated/α-hetero) is 1.